The molecule has 0 saturated carbocycles. The van der Waals surface area contributed by atoms with Crippen LogP contribution in [0.2, 0.25) is 0 Å². The van der Waals surface area contributed by atoms with E-state index in [4.69, 9.17) is 0 Å². The first kappa shape index (κ1) is 14.4. The van der Waals surface area contributed by atoms with E-state index in [2.05, 4.69) is 15.6 Å². The lowest BCUT2D eigenvalue weighted by atomic mass is 10.3. The SMILES string of the molecule is CCCNC(=O)CN(C)Cc1cc(NC)ccn1. The third kappa shape index (κ3) is 5.14. The quantitative estimate of drug-likeness (QED) is 0.760. The zero-order valence-electron chi connectivity index (χ0n) is 11.4. The highest BCUT2D eigenvalue weighted by Gasteiger charge is 2.07. The minimum Gasteiger partial charge on any atom is -0.388 e. The van der Waals surface area contributed by atoms with E-state index in [9.17, 15) is 4.79 Å². The average Bonchev–Trinajstić information content (AvgIpc) is 2.36. The van der Waals surface area contributed by atoms with Gasteiger partial charge in [-0.05, 0) is 25.6 Å². The molecule has 5 nitrogen and oxygen atoms in total. The van der Waals surface area contributed by atoms with E-state index in [1.807, 2.05) is 38.1 Å². The molecule has 0 unspecified atom stereocenters. The molecule has 0 atom stereocenters. The van der Waals surface area contributed by atoms with Crippen LogP contribution in [0.25, 0.3) is 0 Å². The second kappa shape index (κ2) is 7.66. The molecular weight excluding hydrogens is 228 g/mol. The molecule has 1 heterocycles. The second-order valence-corrected chi connectivity index (χ2v) is 4.31. The Hall–Kier alpha value is -1.62. The van der Waals surface area contributed by atoms with Crippen molar-refractivity contribution in [3.8, 4) is 0 Å². The minimum atomic E-state index is 0.0594. The third-order valence-electron chi connectivity index (χ3n) is 2.52. The summed E-state index contributed by atoms with van der Waals surface area (Å²) < 4.78 is 0. The lowest BCUT2D eigenvalue weighted by molar-refractivity contribution is -0.122. The molecule has 18 heavy (non-hydrogen) atoms. The monoisotopic (exact) mass is 250 g/mol. The number of carbonyl (C=O) groups excluding carboxylic acids is 1. The van der Waals surface area contributed by atoms with E-state index < -0.39 is 0 Å². The fraction of sp³-hybridized carbons (Fsp3) is 0.538. The molecular formula is C13H22N4O. The van der Waals surface area contributed by atoms with Gasteiger partial charge in [0.1, 0.15) is 0 Å². The molecule has 0 saturated heterocycles. The van der Waals surface area contributed by atoms with Gasteiger partial charge in [-0.3, -0.25) is 14.7 Å². The van der Waals surface area contributed by atoms with Crippen LogP contribution in [0.4, 0.5) is 5.69 Å². The lowest BCUT2D eigenvalue weighted by Gasteiger charge is -2.16. The van der Waals surface area contributed by atoms with Crippen molar-refractivity contribution in [2.75, 3.05) is 32.5 Å². The Morgan fingerprint density at radius 1 is 1.50 bits per heavy atom. The molecule has 1 aromatic heterocycles. The van der Waals surface area contributed by atoms with Crippen LogP contribution in [0.3, 0.4) is 0 Å². The standard InChI is InChI=1S/C13H22N4O/c1-4-6-16-13(18)10-17(3)9-12-8-11(14-2)5-7-15-12/h5,7-8H,4,6,9-10H2,1-3H3,(H,14,15)(H,16,18). The number of hydrogen-bond donors (Lipinski definition) is 2. The largest absolute Gasteiger partial charge is 0.388 e. The number of amides is 1. The molecule has 2 N–H and O–H groups in total. The molecule has 0 radical (unpaired) electrons. The number of pyridine rings is 1. The Kier molecular flexibility index (Phi) is 6.14. The van der Waals surface area contributed by atoms with Crippen molar-refractivity contribution in [2.24, 2.45) is 0 Å². The highest BCUT2D eigenvalue weighted by atomic mass is 16.2. The van der Waals surface area contributed by atoms with Crippen LogP contribution in [0, 0.1) is 0 Å². The average molecular weight is 250 g/mol. The summed E-state index contributed by atoms with van der Waals surface area (Å²) in [5, 5.41) is 5.93. The maximum absolute atomic E-state index is 11.5. The summed E-state index contributed by atoms with van der Waals surface area (Å²) in [6, 6.07) is 3.90. The number of nitrogens with one attached hydrogen (secondary N) is 2. The van der Waals surface area contributed by atoms with Gasteiger partial charge in [0.2, 0.25) is 5.91 Å². The van der Waals surface area contributed by atoms with Crippen molar-refractivity contribution in [1.29, 1.82) is 0 Å². The summed E-state index contributed by atoms with van der Waals surface area (Å²) in [7, 11) is 3.79. The molecule has 1 rings (SSSR count). The van der Waals surface area contributed by atoms with Crippen molar-refractivity contribution in [2.45, 2.75) is 19.9 Å². The van der Waals surface area contributed by atoms with Gasteiger partial charge >= 0.3 is 0 Å². The number of nitrogens with zero attached hydrogens (tertiary/aromatic N) is 2. The van der Waals surface area contributed by atoms with Crippen LogP contribution in [-0.2, 0) is 11.3 Å². The molecule has 0 spiro atoms. The Bertz CT molecular complexity index is 381. The van der Waals surface area contributed by atoms with Gasteiger partial charge in [0.25, 0.3) is 0 Å². The minimum absolute atomic E-state index is 0.0594. The first-order valence-corrected chi connectivity index (χ1v) is 6.23. The van der Waals surface area contributed by atoms with E-state index in [1.165, 1.54) is 0 Å². The zero-order chi connectivity index (χ0) is 13.4. The van der Waals surface area contributed by atoms with Crippen molar-refractivity contribution >= 4 is 11.6 Å². The number of carbonyl (C=O) groups is 1. The van der Waals surface area contributed by atoms with Gasteiger partial charge in [0, 0.05) is 32.0 Å². The van der Waals surface area contributed by atoms with Gasteiger partial charge in [0.15, 0.2) is 0 Å². The smallest absolute Gasteiger partial charge is 0.234 e. The topological polar surface area (TPSA) is 57.3 Å². The van der Waals surface area contributed by atoms with Crippen molar-refractivity contribution in [1.82, 2.24) is 15.2 Å². The molecule has 5 heteroatoms. The summed E-state index contributed by atoms with van der Waals surface area (Å²) in [5.41, 5.74) is 1.98. The molecule has 0 bridgehead atoms. The predicted molar refractivity (Wildman–Crippen MR) is 73.4 cm³/mol. The van der Waals surface area contributed by atoms with E-state index >= 15 is 0 Å². The van der Waals surface area contributed by atoms with Gasteiger partial charge in [-0.25, -0.2) is 0 Å². The molecule has 100 valence electrons. The Morgan fingerprint density at radius 2 is 2.28 bits per heavy atom. The first-order valence-electron chi connectivity index (χ1n) is 6.23. The van der Waals surface area contributed by atoms with Crippen LogP contribution in [0.15, 0.2) is 18.3 Å². The molecule has 0 aromatic carbocycles. The van der Waals surface area contributed by atoms with Crippen LogP contribution in [0.5, 0.6) is 0 Å². The number of likely N-dealkylation sites (N-methyl/N-ethyl adjacent to an activating group) is 1. The Morgan fingerprint density at radius 3 is 2.94 bits per heavy atom. The van der Waals surface area contributed by atoms with Crippen LogP contribution in [0.1, 0.15) is 19.0 Å². The van der Waals surface area contributed by atoms with Gasteiger partial charge in [-0.15, -0.1) is 0 Å². The summed E-state index contributed by atoms with van der Waals surface area (Å²) in [5.74, 6) is 0.0594. The molecule has 1 aromatic rings. The molecule has 0 fully saturated rings. The number of anilines is 1. The van der Waals surface area contributed by atoms with Crippen LogP contribution in [-0.4, -0.2) is 43.0 Å². The van der Waals surface area contributed by atoms with Crippen molar-refractivity contribution in [3.05, 3.63) is 24.0 Å². The van der Waals surface area contributed by atoms with E-state index in [0.29, 0.717) is 13.1 Å². The maximum atomic E-state index is 11.5. The summed E-state index contributed by atoms with van der Waals surface area (Å²) >= 11 is 0. The van der Waals surface area contributed by atoms with Gasteiger partial charge in [-0.2, -0.15) is 0 Å². The van der Waals surface area contributed by atoms with Crippen molar-refractivity contribution in [3.63, 3.8) is 0 Å². The number of rotatable bonds is 7. The summed E-state index contributed by atoms with van der Waals surface area (Å²) in [6.45, 7) is 3.83. The van der Waals surface area contributed by atoms with E-state index in [0.717, 1.165) is 24.3 Å². The predicted octanol–water partition coefficient (Wildman–Crippen LogP) is 1.08. The second-order valence-electron chi connectivity index (χ2n) is 4.31. The Balaban J connectivity index is 2.43. The van der Waals surface area contributed by atoms with Crippen LogP contribution >= 0.6 is 0 Å². The molecule has 0 aliphatic rings. The molecule has 0 aliphatic carbocycles. The highest BCUT2D eigenvalue weighted by Crippen LogP contribution is 2.08. The summed E-state index contributed by atoms with van der Waals surface area (Å²) in [6.07, 6.45) is 2.73. The molecule has 1 amide bonds. The lowest BCUT2D eigenvalue weighted by Crippen LogP contribution is -2.35. The third-order valence-corrected chi connectivity index (χ3v) is 2.52. The molecule has 0 aliphatic heterocycles. The van der Waals surface area contributed by atoms with E-state index in [-0.39, 0.29) is 5.91 Å². The number of hydrogen-bond acceptors (Lipinski definition) is 4. The fourth-order valence-corrected chi connectivity index (χ4v) is 1.62. The first-order chi connectivity index (χ1) is 8.65. The Labute approximate surface area is 109 Å². The van der Waals surface area contributed by atoms with Crippen LogP contribution < -0.4 is 10.6 Å². The van der Waals surface area contributed by atoms with Gasteiger partial charge in [-0.1, -0.05) is 6.92 Å². The summed E-state index contributed by atoms with van der Waals surface area (Å²) in [4.78, 5) is 17.8. The zero-order valence-corrected chi connectivity index (χ0v) is 11.4. The fourth-order valence-electron chi connectivity index (χ4n) is 1.62. The van der Waals surface area contributed by atoms with E-state index in [1.54, 1.807) is 6.20 Å². The maximum Gasteiger partial charge on any atom is 0.234 e. The van der Waals surface area contributed by atoms with Gasteiger partial charge in [0.05, 0.1) is 12.2 Å². The number of aromatic nitrogens is 1. The normalized spacial score (nSPS) is 10.4. The van der Waals surface area contributed by atoms with Gasteiger partial charge < -0.3 is 10.6 Å². The highest BCUT2D eigenvalue weighted by molar-refractivity contribution is 5.77. The van der Waals surface area contributed by atoms with Crippen molar-refractivity contribution < 1.29 is 4.79 Å².